The van der Waals surface area contributed by atoms with Crippen molar-refractivity contribution in [2.24, 2.45) is 10.9 Å². The Kier molecular flexibility index (Phi) is 9.80. The fraction of sp³-hybridized carbons (Fsp3) is 0.469. The van der Waals surface area contributed by atoms with Crippen LogP contribution in [0.4, 0.5) is 11.8 Å². The Balaban J connectivity index is 1.46. The summed E-state index contributed by atoms with van der Waals surface area (Å²) in [4.78, 5) is 14.6. The van der Waals surface area contributed by atoms with Crippen LogP contribution in [0.2, 0.25) is 0 Å². The first-order valence-corrected chi connectivity index (χ1v) is 14.5. The lowest BCUT2D eigenvalue weighted by Gasteiger charge is -2.19. The van der Waals surface area contributed by atoms with E-state index in [1.165, 1.54) is 37.7 Å². The van der Waals surface area contributed by atoms with Gasteiger partial charge in [-0.1, -0.05) is 61.6 Å². The number of amidine groups is 1. The number of hydrogen-bond donors (Lipinski definition) is 2. The normalized spacial score (nSPS) is 19.3. The molecule has 3 aromatic rings. The van der Waals surface area contributed by atoms with E-state index >= 15 is 0 Å². The molecular weight excluding hydrogens is 486 g/mol. The second kappa shape index (κ2) is 14.1. The standard InChI is InChI=1S/C32H41N5O2/c1-38-21-18-24-17-19-33-30-22-25(24)12-6-4-2-3-5-11-20-39-29-16-10-7-13-26(29)23-34-32-35-28-15-9-8-14-27(28)31(36-30)37-32/h7-10,13-16,22,24H,2-6,11-12,17-21,23H2,1H3,(H2,33,34,35,36,37). The number of aromatic nitrogens is 2. The molecule has 39 heavy (non-hydrogen) atoms. The van der Waals surface area contributed by atoms with Crippen molar-refractivity contribution in [1.82, 2.24) is 9.97 Å². The molecule has 7 nitrogen and oxygen atoms in total. The van der Waals surface area contributed by atoms with Crippen molar-refractivity contribution in [1.29, 1.82) is 0 Å². The molecule has 206 valence electrons. The van der Waals surface area contributed by atoms with Crippen molar-refractivity contribution in [3.8, 4) is 5.75 Å². The summed E-state index contributed by atoms with van der Waals surface area (Å²) in [6.07, 6.45) is 12.7. The van der Waals surface area contributed by atoms with E-state index in [0.29, 0.717) is 18.4 Å². The lowest BCUT2D eigenvalue weighted by molar-refractivity contribution is 0.181. The fourth-order valence-corrected chi connectivity index (χ4v) is 5.46. The number of allylic oxidation sites excluding steroid dienone is 1. The van der Waals surface area contributed by atoms with Gasteiger partial charge >= 0.3 is 0 Å². The first-order valence-electron chi connectivity index (χ1n) is 14.5. The van der Waals surface area contributed by atoms with E-state index in [4.69, 9.17) is 24.4 Å². The molecule has 2 aliphatic rings. The summed E-state index contributed by atoms with van der Waals surface area (Å²) in [6.45, 7) is 2.90. The van der Waals surface area contributed by atoms with Crippen LogP contribution in [0.3, 0.4) is 0 Å². The molecule has 4 bridgehead atoms. The van der Waals surface area contributed by atoms with Gasteiger partial charge in [0.2, 0.25) is 5.95 Å². The third-order valence-electron chi connectivity index (χ3n) is 7.65. The Labute approximate surface area is 232 Å². The van der Waals surface area contributed by atoms with E-state index in [-0.39, 0.29) is 0 Å². The van der Waals surface area contributed by atoms with Crippen LogP contribution in [0.25, 0.3) is 10.9 Å². The Morgan fingerprint density at radius 3 is 2.69 bits per heavy atom. The molecule has 0 fully saturated rings. The summed E-state index contributed by atoms with van der Waals surface area (Å²) in [7, 11) is 1.79. The van der Waals surface area contributed by atoms with Gasteiger partial charge in [0.25, 0.3) is 0 Å². The number of anilines is 2. The van der Waals surface area contributed by atoms with Crippen LogP contribution in [0.5, 0.6) is 5.75 Å². The maximum atomic E-state index is 6.18. The minimum atomic E-state index is 0.502. The minimum Gasteiger partial charge on any atom is -0.493 e. The second-order valence-electron chi connectivity index (χ2n) is 10.5. The van der Waals surface area contributed by atoms with Gasteiger partial charge in [0, 0.05) is 37.8 Å². The van der Waals surface area contributed by atoms with Crippen LogP contribution in [0.1, 0.15) is 63.4 Å². The zero-order valence-electron chi connectivity index (χ0n) is 23.1. The van der Waals surface area contributed by atoms with Crippen molar-refractivity contribution in [2.45, 2.75) is 64.3 Å². The largest absolute Gasteiger partial charge is 0.493 e. The van der Waals surface area contributed by atoms with Gasteiger partial charge in [0.15, 0.2) is 0 Å². The topological polar surface area (TPSA) is 80.7 Å². The molecule has 0 saturated carbocycles. The lowest BCUT2D eigenvalue weighted by Crippen LogP contribution is -2.14. The van der Waals surface area contributed by atoms with Crippen LogP contribution in [-0.2, 0) is 11.3 Å². The highest BCUT2D eigenvalue weighted by Crippen LogP contribution is 2.29. The lowest BCUT2D eigenvalue weighted by atomic mass is 9.88. The number of nitrogens with zero attached hydrogens (tertiary/aromatic N) is 3. The second-order valence-corrected chi connectivity index (χ2v) is 10.5. The molecule has 7 heteroatoms. The highest BCUT2D eigenvalue weighted by atomic mass is 16.5. The van der Waals surface area contributed by atoms with E-state index < -0.39 is 0 Å². The average molecular weight is 528 g/mol. The summed E-state index contributed by atoms with van der Waals surface area (Å²) in [5.74, 6) is 3.66. The first kappa shape index (κ1) is 27.1. The van der Waals surface area contributed by atoms with Crippen LogP contribution >= 0.6 is 0 Å². The summed E-state index contributed by atoms with van der Waals surface area (Å²) in [6, 6.07) is 16.3. The highest BCUT2D eigenvalue weighted by molar-refractivity contribution is 6.08. The van der Waals surface area contributed by atoms with Crippen molar-refractivity contribution in [3.05, 3.63) is 65.7 Å². The van der Waals surface area contributed by atoms with Crippen LogP contribution in [0.15, 0.2) is 65.2 Å². The van der Waals surface area contributed by atoms with Gasteiger partial charge in [0.1, 0.15) is 17.4 Å². The molecule has 0 spiro atoms. The molecule has 2 N–H and O–H groups in total. The van der Waals surface area contributed by atoms with Gasteiger partial charge in [-0.05, 0) is 62.3 Å². The van der Waals surface area contributed by atoms with Crippen LogP contribution < -0.4 is 15.4 Å². The maximum absolute atomic E-state index is 6.18. The SMILES string of the molecule is COCCC1CCN=C2C=C1CCCCCCCCOc1ccccc1CNc1nc(c3ccccc3n1)N2. The zero-order valence-corrected chi connectivity index (χ0v) is 23.1. The van der Waals surface area contributed by atoms with E-state index in [9.17, 15) is 0 Å². The summed E-state index contributed by atoms with van der Waals surface area (Å²) in [5, 5.41) is 8.00. The molecule has 1 unspecified atom stereocenters. The van der Waals surface area contributed by atoms with Crippen molar-refractivity contribution < 1.29 is 9.47 Å². The summed E-state index contributed by atoms with van der Waals surface area (Å²) >= 11 is 0. The Bertz CT molecular complexity index is 1290. The number of nitrogens with one attached hydrogen (secondary N) is 2. The molecule has 1 aromatic heterocycles. The number of aliphatic imine (C=N–C) groups is 1. The van der Waals surface area contributed by atoms with Gasteiger partial charge in [0.05, 0.1) is 12.1 Å². The van der Waals surface area contributed by atoms with Gasteiger partial charge < -0.3 is 20.1 Å². The highest BCUT2D eigenvalue weighted by Gasteiger charge is 2.19. The van der Waals surface area contributed by atoms with Gasteiger partial charge in [-0.25, -0.2) is 4.98 Å². The number of fused-ring (bicyclic) bond motifs is 6. The van der Waals surface area contributed by atoms with Crippen molar-refractivity contribution in [3.63, 3.8) is 0 Å². The van der Waals surface area contributed by atoms with E-state index in [1.807, 2.05) is 36.4 Å². The van der Waals surface area contributed by atoms with Crippen molar-refractivity contribution in [2.75, 3.05) is 37.5 Å². The molecule has 1 atom stereocenters. The Morgan fingerprint density at radius 2 is 1.77 bits per heavy atom. The number of hydrogen-bond acceptors (Lipinski definition) is 7. The van der Waals surface area contributed by atoms with E-state index in [2.05, 4.69) is 28.8 Å². The molecule has 0 radical (unpaired) electrons. The smallest absolute Gasteiger partial charge is 0.225 e. The zero-order chi connectivity index (χ0) is 26.7. The molecule has 3 heterocycles. The predicted molar refractivity (Wildman–Crippen MR) is 160 cm³/mol. The first-order chi connectivity index (χ1) is 19.3. The molecule has 5 rings (SSSR count). The third kappa shape index (κ3) is 7.57. The number of benzene rings is 2. The van der Waals surface area contributed by atoms with E-state index in [1.54, 1.807) is 7.11 Å². The van der Waals surface area contributed by atoms with Crippen LogP contribution in [-0.4, -0.2) is 42.7 Å². The molecule has 0 amide bonds. The molecule has 2 aliphatic heterocycles. The van der Waals surface area contributed by atoms with Gasteiger partial charge in [-0.2, -0.15) is 4.98 Å². The third-order valence-corrected chi connectivity index (χ3v) is 7.65. The Hall–Kier alpha value is -3.45. The number of ether oxygens (including phenoxy) is 2. The maximum Gasteiger partial charge on any atom is 0.225 e. The summed E-state index contributed by atoms with van der Waals surface area (Å²) < 4.78 is 11.6. The fourth-order valence-electron chi connectivity index (χ4n) is 5.46. The van der Waals surface area contributed by atoms with Crippen LogP contribution in [0, 0.1) is 5.92 Å². The predicted octanol–water partition coefficient (Wildman–Crippen LogP) is 7.16. The minimum absolute atomic E-state index is 0.502. The monoisotopic (exact) mass is 527 g/mol. The summed E-state index contributed by atoms with van der Waals surface area (Å²) in [5.41, 5.74) is 3.47. The Morgan fingerprint density at radius 1 is 0.949 bits per heavy atom. The number of methoxy groups -OCH3 is 1. The molecule has 0 saturated heterocycles. The molecule has 2 aromatic carbocycles. The van der Waals surface area contributed by atoms with Gasteiger partial charge in [-0.15, -0.1) is 0 Å². The molecular formula is C32H41N5O2. The quantitative estimate of drug-likeness (QED) is 0.376. The molecule has 0 aliphatic carbocycles. The average Bonchev–Trinajstić information content (AvgIpc) is 3.15. The van der Waals surface area contributed by atoms with Crippen molar-refractivity contribution >= 4 is 28.5 Å². The number of para-hydroxylation sites is 2. The van der Waals surface area contributed by atoms with Gasteiger partial charge in [-0.3, -0.25) is 4.99 Å². The van der Waals surface area contributed by atoms with E-state index in [0.717, 1.165) is 79.3 Å². The number of rotatable bonds is 3.